The summed E-state index contributed by atoms with van der Waals surface area (Å²) in [5.74, 6) is -2.83. The largest absolute Gasteiger partial charge is 0.573 e. The zero-order valence-electron chi connectivity index (χ0n) is 22.1. The molecule has 9 nitrogen and oxygen atoms in total. The Morgan fingerprint density at radius 2 is 1.77 bits per heavy atom. The molecule has 0 saturated heterocycles. The van der Waals surface area contributed by atoms with Gasteiger partial charge in [-0.2, -0.15) is 5.26 Å². The number of nitrogens with one attached hydrogen (secondary N) is 2. The average molecular weight is 632 g/mol. The van der Waals surface area contributed by atoms with Gasteiger partial charge in [0.25, 0.3) is 5.91 Å². The van der Waals surface area contributed by atoms with E-state index in [9.17, 15) is 33.1 Å². The highest BCUT2D eigenvalue weighted by Gasteiger charge is 2.33. The van der Waals surface area contributed by atoms with Gasteiger partial charge in [-0.05, 0) is 61.0 Å². The zero-order chi connectivity index (χ0) is 30.6. The molecule has 0 saturated carbocycles. The molecular weight excluding hydrogens is 610 g/mol. The van der Waals surface area contributed by atoms with E-state index in [1.165, 1.54) is 43.3 Å². The van der Waals surface area contributed by atoms with E-state index < -0.39 is 35.5 Å². The van der Waals surface area contributed by atoms with Crippen molar-refractivity contribution in [3.8, 4) is 40.0 Å². The quantitative estimate of drug-likeness (QED) is 0.182. The van der Waals surface area contributed by atoms with Crippen LogP contribution in [0.25, 0.3) is 22.4 Å². The SMILES string of the molecule is CC(N)C(=O)Nc1cccc(-c2cc(-c3ccc(Cl)cc3O)nc(NC(=O)c3ccccc3OC(F)(F)F)c2C#N)c1.Cl. The predicted molar refractivity (Wildman–Crippen MR) is 157 cm³/mol. The Hall–Kier alpha value is -4.83. The van der Waals surface area contributed by atoms with E-state index in [1.807, 2.05) is 6.07 Å². The van der Waals surface area contributed by atoms with Gasteiger partial charge < -0.3 is 26.2 Å². The van der Waals surface area contributed by atoms with E-state index in [4.69, 9.17) is 17.3 Å². The minimum atomic E-state index is -5.06. The molecule has 1 atom stereocenters. The number of ether oxygens (including phenoxy) is 1. The number of rotatable bonds is 7. The second-order valence-corrected chi connectivity index (χ2v) is 9.35. The number of amides is 2. The number of pyridine rings is 1. The van der Waals surface area contributed by atoms with Crippen molar-refractivity contribution in [2.45, 2.75) is 19.3 Å². The summed E-state index contributed by atoms with van der Waals surface area (Å²) in [5, 5.41) is 26.0. The average Bonchev–Trinajstić information content (AvgIpc) is 2.92. The molecule has 0 radical (unpaired) electrons. The number of nitrogens with zero attached hydrogens (tertiary/aromatic N) is 2. The number of nitriles is 1. The fourth-order valence-corrected chi connectivity index (χ4v) is 4.07. The zero-order valence-corrected chi connectivity index (χ0v) is 23.6. The molecule has 0 aliphatic rings. The maximum absolute atomic E-state index is 13.2. The van der Waals surface area contributed by atoms with E-state index in [1.54, 1.807) is 24.3 Å². The van der Waals surface area contributed by atoms with Crippen LogP contribution in [0.2, 0.25) is 5.02 Å². The number of para-hydroxylation sites is 1. The number of alkyl halides is 3. The minimum absolute atomic E-state index is 0. The molecule has 0 bridgehead atoms. The topological polar surface area (TPSA) is 150 Å². The first-order valence-electron chi connectivity index (χ1n) is 12.1. The van der Waals surface area contributed by atoms with Gasteiger partial charge in [-0.25, -0.2) is 4.98 Å². The first kappa shape index (κ1) is 32.7. The van der Waals surface area contributed by atoms with Crippen molar-refractivity contribution >= 4 is 47.3 Å². The third-order valence-corrected chi connectivity index (χ3v) is 6.05. The van der Waals surface area contributed by atoms with E-state index in [0.717, 1.165) is 12.1 Å². The first-order valence-corrected chi connectivity index (χ1v) is 12.5. The van der Waals surface area contributed by atoms with Crippen molar-refractivity contribution in [1.82, 2.24) is 4.98 Å². The normalized spacial score (nSPS) is 11.5. The van der Waals surface area contributed by atoms with Crippen LogP contribution in [-0.2, 0) is 4.79 Å². The summed E-state index contributed by atoms with van der Waals surface area (Å²) in [5.41, 5.74) is 6.29. The van der Waals surface area contributed by atoms with Crippen LogP contribution < -0.4 is 21.1 Å². The molecule has 4 rings (SSSR count). The maximum atomic E-state index is 13.2. The number of halogens is 5. The van der Waals surface area contributed by atoms with E-state index >= 15 is 0 Å². The smallest absolute Gasteiger partial charge is 0.507 e. The molecule has 222 valence electrons. The van der Waals surface area contributed by atoms with Crippen LogP contribution in [0.1, 0.15) is 22.8 Å². The lowest BCUT2D eigenvalue weighted by Gasteiger charge is -2.16. The Kier molecular flexibility index (Phi) is 10.2. The van der Waals surface area contributed by atoms with Crippen molar-refractivity contribution in [3.05, 3.63) is 88.9 Å². The number of carbonyl (C=O) groups excluding carboxylic acids is 2. The van der Waals surface area contributed by atoms with Gasteiger partial charge in [0.15, 0.2) is 5.82 Å². The molecular formula is C29H22Cl2F3N5O4. The maximum Gasteiger partial charge on any atom is 0.573 e. The van der Waals surface area contributed by atoms with Crippen molar-refractivity contribution in [1.29, 1.82) is 5.26 Å². The van der Waals surface area contributed by atoms with Crippen LogP contribution in [0, 0.1) is 11.3 Å². The van der Waals surface area contributed by atoms with E-state index in [2.05, 4.69) is 20.4 Å². The second-order valence-electron chi connectivity index (χ2n) is 8.91. The third kappa shape index (κ3) is 7.92. The molecule has 4 aromatic rings. The Morgan fingerprint density at radius 1 is 1.05 bits per heavy atom. The number of benzene rings is 3. The second kappa shape index (κ2) is 13.4. The van der Waals surface area contributed by atoms with Crippen molar-refractivity contribution in [2.24, 2.45) is 5.73 Å². The number of nitrogens with two attached hydrogens (primary N) is 1. The van der Waals surface area contributed by atoms with Gasteiger partial charge in [-0.3, -0.25) is 9.59 Å². The molecule has 3 aromatic carbocycles. The van der Waals surface area contributed by atoms with Crippen molar-refractivity contribution in [2.75, 3.05) is 10.6 Å². The molecule has 0 spiro atoms. The lowest BCUT2D eigenvalue weighted by Crippen LogP contribution is -2.32. The Bertz CT molecular complexity index is 1730. The first-order chi connectivity index (χ1) is 19.9. The number of phenolic OH excluding ortho intramolecular Hbond substituents is 1. The number of hydrogen-bond donors (Lipinski definition) is 4. The van der Waals surface area contributed by atoms with Gasteiger partial charge in [-0.15, -0.1) is 25.6 Å². The van der Waals surface area contributed by atoms with Gasteiger partial charge in [0.2, 0.25) is 5.91 Å². The van der Waals surface area contributed by atoms with Gasteiger partial charge in [0.05, 0.1) is 17.3 Å². The number of phenols is 1. The Balaban J connectivity index is 0.00000506. The summed E-state index contributed by atoms with van der Waals surface area (Å²) in [7, 11) is 0. The fraction of sp³-hybridized carbons (Fsp3) is 0.103. The molecule has 14 heteroatoms. The summed E-state index contributed by atoms with van der Waals surface area (Å²) in [6, 6.07) is 17.9. The number of anilines is 2. The summed E-state index contributed by atoms with van der Waals surface area (Å²) >= 11 is 5.97. The molecule has 1 unspecified atom stereocenters. The van der Waals surface area contributed by atoms with Crippen LogP contribution in [0.4, 0.5) is 24.7 Å². The molecule has 0 aliphatic carbocycles. The molecule has 0 aliphatic heterocycles. The fourth-order valence-electron chi connectivity index (χ4n) is 3.90. The van der Waals surface area contributed by atoms with Crippen LogP contribution in [0.5, 0.6) is 11.5 Å². The lowest BCUT2D eigenvalue weighted by atomic mass is 9.97. The van der Waals surface area contributed by atoms with Gasteiger partial charge in [-0.1, -0.05) is 35.9 Å². The molecule has 0 fully saturated rings. The molecule has 5 N–H and O–H groups in total. The number of aromatic hydroxyl groups is 1. The van der Waals surface area contributed by atoms with Crippen molar-refractivity contribution in [3.63, 3.8) is 0 Å². The summed E-state index contributed by atoms with van der Waals surface area (Å²) in [4.78, 5) is 29.7. The molecule has 1 aromatic heterocycles. The molecule has 1 heterocycles. The minimum Gasteiger partial charge on any atom is -0.507 e. The van der Waals surface area contributed by atoms with Crippen LogP contribution in [0.3, 0.4) is 0 Å². The number of aromatic nitrogens is 1. The van der Waals surface area contributed by atoms with E-state index in [0.29, 0.717) is 11.3 Å². The number of carbonyl (C=O) groups is 2. The van der Waals surface area contributed by atoms with Gasteiger partial charge in [0, 0.05) is 21.8 Å². The van der Waals surface area contributed by atoms with Crippen molar-refractivity contribution < 1.29 is 32.6 Å². The Morgan fingerprint density at radius 3 is 2.42 bits per heavy atom. The molecule has 2 amide bonds. The highest BCUT2D eigenvalue weighted by Crippen LogP contribution is 2.37. The summed E-state index contributed by atoms with van der Waals surface area (Å²) in [6.07, 6.45) is -5.06. The predicted octanol–water partition coefficient (Wildman–Crippen LogP) is 6.50. The highest BCUT2D eigenvalue weighted by atomic mass is 35.5. The molecule has 43 heavy (non-hydrogen) atoms. The van der Waals surface area contributed by atoms with E-state index in [-0.39, 0.29) is 51.4 Å². The van der Waals surface area contributed by atoms with Crippen LogP contribution in [-0.4, -0.2) is 34.3 Å². The highest BCUT2D eigenvalue weighted by molar-refractivity contribution is 6.30. The standard InChI is InChI=1S/C29H21ClF3N5O4.ClH/c1-15(35)27(40)36-18-6-4-5-16(11-18)21-13-23(19-10-9-17(30)12-24(19)39)37-26(22(21)14-34)38-28(41)20-7-2-3-8-25(20)42-29(31,32)33;/h2-13,15,39H,35H2,1H3,(H,36,40)(H,37,38,41);1H. The summed E-state index contributed by atoms with van der Waals surface area (Å²) < 4.78 is 42.9. The van der Waals surface area contributed by atoms with Crippen LogP contribution in [0.15, 0.2) is 72.8 Å². The lowest BCUT2D eigenvalue weighted by molar-refractivity contribution is -0.274. The van der Waals surface area contributed by atoms with Crippen LogP contribution >= 0.6 is 24.0 Å². The number of hydrogen-bond acceptors (Lipinski definition) is 7. The summed E-state index contributed by atoms with van der Waals surface area (Å²) in [6.45, 7) is 1.51. The Labute approximate surface area is 254 Å². The third-order valence-electron chi connectivity index (χ3n) is 5.81. The monoisotopic (exact) mass is 631 g/mol. The van der Waals surface area contributed by atoms with Gasteiger partial charge in [0.1, 0.15) is 23.1 Å². The van der Waals surface area contributed by atoms with Gasteiger partial charge >= 0.3 is 6.36 Å².